The minimum Gasteiger partial charge on any atom is -0.321 e. The molecule has 2 aromatic carbocycles. The summed E-state index contributed by atoms with van der Waals surface area (Å²) in [4.78, 5) is 15.1. The van der Waals surface area contributed by atoms with E-state index in [1.807, 2.05) is 37.3 Å². The van der Waals surface area contributed by atoms with E-state index in [9.17, 15) is 13.2 Å². The van der Waals surface area contributed by atoms with Crippen LogP contribution in [0.4, 0.5) is 0 Å². The molecule has 0 aliphatic carbocycles. The first-order chi connectivity index (χ1) is 15.4. The summed E-state index contributed by atoms with van der Waals surface area (Å²) in [5.41, 5.74) is 1.73. The quantitative estimate of drug-likeness (QED) is 0.507. The number of thioether (sulfide) groups is 1. The van der Waals surface area contributed by atoms with Crippen LogP contribution in [0.3, 0.4) is 0 Å². The Morgan fingerprint density at radius 3 is 2.47 bits per heavy atom. The first-order valence-corrected chi connectivity index (χ1v) is 12.6. The Kier molecular flexibility index (Phi) is 6.58. The summed E-state index contributed by atoms with van der Waals surface area (Å²) in [6.07, 6.45) is -0.168. The highest BCUT2D eigenvalue weighted by Gasteiger charge is 2.40. The Morgan fingerprint density at radius 2 is 1.81 bits per heavy atom. The molecule has 1 saturated heterocycles. The normalized spacial score (nSPS) is 17.4. The fraction of sp³-hybridized carbons (Fsp3) is 0.333. The molecule has 1 atom stereocenters. The van der Waals surface area contributed by atoms with Gasteiger partial charge in [0.1, 0.15) is 6.17 Å². The first kappa shape index (κ1) is 22.4. The summed E-state index contributed by atoms with van der Waals surface area (Å²) in [6.45, 7) is 2.71. The van der Waals surface area contributed by atoms with Gasteiger partial charge in [0.25, 0.3) is 0 Å². The van der Waals surface area contributed by atoms with Gasteiger partial charge in [-0.25, -0.2) is 13.1 Å². The van der Waals surface area contributed by atoms with Crippen LogP contribution in [-0.4, -0.2) is 62.6 Å². The molecule has 0 saturated carbocycles. The number of tetrazole rings is 1. The van der Waals surface area contributed by atoms with E-state index in [4.69, 9.17) is 0 Å². The van der Waals surface area contributed by atoms with Crippen molar-refractivity contribution in [2.24, 2.45) is 7.05 Å². The third kappa shape index (κ3) is 4.54. The minimum atomic E-state index is -3.81. The molecule has 168 valence electrons. The number of aryl methyl sites for hydroxylation is 2. The maximum Gasteiger partial charge on any atom is 0.245 e. The fourth-order valence-electron chi connectivity index (χ4n) is 3.68. The van der Waals surface area contributed by atoms with Gasteiger partial charge < -0.3 is 4.90 Å². The summed E-state index contributed by atoms with van der Waals surface area (Å²) in [6, 6.07) is 16.1. The van der Waals surface area contributed by atoms with Crippen LogP contribution in [0.5, 0.6) is 0 Å². The van der Waals surface area contributed by atoms with Gasteiger partial charge in [0.2, 0.25) is 21.1 Å². The lowest BCUT2D eigenvalue weighted by atomic mass is 10.1. The number of rotatable bonds is 6. The largest absolute Gasteiger partial charge is 0.321 e. The number of amides is 1. The van der Waals surface area contributed by atoms with Gasteiger partial charge in [0.15, 0.2) is 0 Å². The fourth-order valence-corrected chi connectivity index (χ4v) is 6.03. The van der Waals surface area contributed by atoms with E-state index in [2.05, 4.69) is 15.5 Å². The van der Waals surface area contributed by atoms with Crippen LogP contribution < -0.4 is 0 Å². The van der Waals surface area contributed by atoms with Crippen LogP contribution in [0.25, 0.3) is 0 Å². The van der Waals surface area contributed by atoms with E-state index in [0.29, 0.717) is 24.7 Å². The maximum atomic E-state index is 13.6. The van der Waals surface area contributed by atoms with Gasteiger partial charge in [-0.05, 0) is 41.5 Å². The summed E-state index contributed by atoms with van der Waals surface area (Å²) in [7, 11) is -2.11. The molecule has 9 nitrogen and oxygen atoms in total. The molecule has 1 aliphatic heterocycles. The van der Waals surface area contributed by atoms with Crippen molar-refractivity contribution >= 4 is 27.7 Å². The lowest BCUT2D eigenvalue weighted by Gasteiger charge is -2.43. The molecule has 0 N–H and O–H groups in total. The number of aromatic nitrogens is 4. The second-order valence-corrected chi connectivity index (χ2v) is 10.4. The summed E-state index contributed by atoms with van der Waals surface area (Å²) < 4.78 is 30.1. The molecule has 0 unspecified atom stereocenters. The van der Waals surface area contributed by atoms with Crippen molar-refractivity contribution in [3.63, 3.8) is 0 Å². The third-order valence-electron chi connectivity index (χ3n) is 5.30. The molecule has 1 aromatic heterocycles. The van der Waals surface area contributed by atoms with Crippen molar-refractivity contribution in [2.75, 3.05) is 18.8 Å². The van der Waals surface area contributed by atoms with E-state index in [1.54, 1.807) is 36.2 Å². The minimum absolute atomic E-state index is 0.107. The molecule has 1 fully saturated rings. The number of carbonyl (C=O) groups excluding carboxylic acids is 1. The second-order valence-electron chi connectivity index (χ2n) is 7.53. The zero-order chi connectivity index (χ0) is 22.7. The lowest BCUT2D eigenvalue weighted by molar-refractivity contribution is -0.135. The highest BCUT2D eigenvalue weighted by atomic mass is 32.2. The van der Waals surface area contributed by atoms with Gasteiger partial charge in [0, 0.05) is 20.1 Å². The highest BCUT2D eigenvalue weighted by Crippen LogP contribution is 2.35. The third-order valence-corrected chi connectivity index (χ3v) is 8.16. The average molecular weight is 473 g/mol. The standard InChI is InChI=1S/C21H24N6O3S2/c1-16-9-11-18(12-10-16)32(29,30)27-14-6-13-26(20(27)17-7-4-3-5-8-17)19(28)15-31-21-22-23-24-25(21)2/h3-5,7-12,20H,6,13-15H2,1-2H3/t20-/m0/s1. The summed E-state index contributed by atoms with van der Waals surface area (Å²) >= 11 is 1.23. The molecule has 1 aliphatic rings. The molecule has 4 rings (SSSR count). The van der Waals surface area contributed by atoms with E-state index >= 15 is 0 Å². The molecule has 0 radical (unpaired) electrons. The Balaban J connectivity index is 1.66. The van der Waals surface area contributed by atoms with Crippen molar-refractivity contribution in [1.82, 2.24) is 29.4 Å². The number of benzene rings is 2. The number of hydrogen-bond donors (Lipinski definition) is 0. The van der Waals surface area contributed by atoms with Crippen LogP contribution in [0.15, 0.2) is 64.6 Å². The van der Waals surface area contributed by atoms with E-state index in [-0.39, 0.29) is 16.6 Å². The van der Waals surface area contributed by atoms with Crippen LogP contribution in [0.1, 0.15) is 23.7 Å². The topological polar surface area (TPSA) is 101 Å². The van der Waals surface area contributed by atoms with Gasteiger partial charge in [-0.1, -0.05) is 59.8 Å². The SMILES string of the molecule is Cc1ccc(S(=O)(=O)N2CCCN(C(=O)CSc3nnnn3C)[C@@H]2c2ccccc2)cc1. The number of carbonyl (C=O) groups is 1. The van der Waals surface area contributed by atoms with Crippen LogP contribution in [0.2, 0.25) is 0 Å². The van der Waals surface area contributed by atoms with Crippen molar-refractivity contribution in [2.45, 2.75) is 29.6 Å². The lowest BCUT2D eigenvalue weighted by Crippen LogP contribution is -2.52. The molecule has 2 heterocycles. The summed E-state index contributed by atoms with van der Waals surface area (Å²) in [5.74, 6) is -0.0636. The monoisotopic (exact) mass is 472 g/mol. The van der Waals surface area contributed by atoms with Gasteiger partial charge in [-0.3, -0.25) is 4.79 Å². The zero-order valence-corrected chi connectivity index (χ0v) is 19.5. The zero-order valence-electron chi connectivity index (χ0n) is 17.8. The molecule has 0 bridgehead atoms. The molecule has 32 heavy (non-hydrogen) atoms. The first-order valence-electron chi connectivity index (χ1n) is 10.2. The molecule has 11 heteroatoms. The van der Waals surface area contributed by atoms with E-state index in [1.165, 1.54) is 20.7 Å². The van der Waals surface area contributed by atoms with Crippen molar-refractivity contribution in [1.29, 1.82) is 0 Å². The molecule has 3 aromatic rings. The van der Waals surface area contributed by atoms with Crippen LogP contribution in [0, 0.1) is 6.92 Å². The van der Waals surface area contributed by atoms with Crippen molar-refractivity contribution in [3.05, 3.63) is 65.7 Å². The molecule has 0 spiro atoms. The average Bonchev–Trinajstić information content (AvgIpc) is 3.22. The van der Waals surface area contributed by atoms with E-state index in [0.717, 1.165) is 11.1 Å². The molecular weight excluding hydrogens is 448 g/mol. The molecule has 1 amide bonds. The van der Waals surface area contributed by atoms with Crippen molar-refractivity contribution < 1.29 is 13.2 Å². The van der Waals surface area contributed by atoms with Gasteiger partial charge in [-0.15, -0.1) is 5.10 Å². The Hall–Kier alpha value is -2.76. The van der Waals surface area contributed by atoms with Crippen molar-refractivity contribution in [3.8, 4) is 0 Å². The van der Waals surface area contributed by atoms with Crippen LogP contribution >= 0.6 is 11.8 Å². The summed E-state index contributed by atoms with van der Waals surface area (Å²) in [5, 5.41) is 11.8. The smallest absolute Gasteiger partial charge is 0.245 e. The van der Waals surface area contributed by atoms with Crippen LogP contribution in [-0.2, 0) is 21.9 Å². The van der Waals surface area contributed by atoms with Gasteiger partial charge >= 0.3 is 0 Å². The second kappa shape index (κ2) is 9.39. The van der Waals surface area contributed by atoms with Gasteiger partial charge in [-0.2, -0.15) is 4.31 Å². The Morgan fingerprint density at radius 1 is 1.09 bits per heavy atom. The molecular formula is C21H24N6O3S2. The number of hydrogen-bond acceptors (Lipinski definition) is 7. The van der Waals surface area contributed by atoms with Gasteiger partial charge in [0.05, 0.1) is 10.6 Å². The number of nitrogens with zero attached hydrogens (tertiary/aromatic N) is 6. The number of sulfonamides is 1. The Bertz CT molecular complexity index is 1180. The predicted molar refractivity (Wildman–Crippen MR) is 120 cm³/mol. The highest BCUT2D eigenvalue weighted by molar-refractivity contribution is 7.99. The maximum absolute atomic E-state index is 13.6. The predicted octanol–water partition coefficient (Wildman–Crippen LogP) is 2.23. The Labute approximate surface area is 191 Å². The van der Waals surface area contributed by atoms with E-state index < -0.39 is 16.2 Å².